The van der Waals surface area contributed by atoms with Gasteiger partial charge in [0, 0.05) is 50.2 Å². The summed E-state index contributed by atoms with van der Waals surface area (Å²) in [7, 11) is 2.55. The van der Waals surface area contributed by atoms with Crippen LogP contribution in [0.5, 0.6) is 0 Å². The summed E-state index contributed by atoms with van der Waals surface area (Å²) < 4.78 is 18.9. The maximum Gasteiger partial charge on any atom is 0.410 e. The van der Waals surface area contributed by atoms with E-state index in [-0.39, 0.29) is 17.2 Å². The molecule has 10 heteroatoms. The van der Waals surface area contributed by atoms with Crippen molar-refractivity contribution in [2.75, 3.05) is 40.3 Å². The van der Waals surface area contributed by atoms with Crippen LogP contribution in [0.2, 0.25) is 10.0 Å². The number of likely N-dealkylation sites (tertiary alicyclic amines) is 1. The number of halogens is 2. The summed E-state index contributed by atoms with van der Waals surface area (Å²) in [5.41, 5.74) is 1.56. The van der Waals surface area contributed by atoms with Crippen molar-refractivity contribution in [2.24, 2.45) is 0 Å². The highest BCUT2D eigenvalue weighted by Gasteiger charge is 2.48. The van der Waals surface area contributed by atoms with Crippen molar-refractivity contribution in [3.8, 4) is 0 Å². The average Bonchev–Trinajstić information content (AvgIpc) is 3.22. The van der Waals surface area contributed by atoms with Crippen molar-refractivity contribution in [2.45, 2.75) is 75.0 Å². The number of piperidine rings is 1. The molecule has 4 rings (SSSR count). The number of hydrogen-bond donors (Lipinski definition) is 0. The van der Waals surface area contributed by atoms with Crippen LogP contribution in [0.15, 0.2) is 42.5 Å². The first-order valence-corrected chi connectivity index (χ1v) is 16.7. The van der Waals surface area contributed by atoms with E-state index in [9.17, 15) is 13.8 Å². The number of rotatable bonds is 8. The van der Waals surface area contributed by atoms with Crippen molar-refractivity contribution < 1.29 is 18.5 Å². The van der Waals surface area contributed by atoms with Crippen LogP contribution < -0.4 is 0 Å². The average molecular weight is 637 g/mol. The lowest BCUT2D eigenvalue weighted by molar-refractivity contribution is -0.131. The van der Waals surface area contributed by atoms with E-state index in [2.05, 4.69) is 17.0 Å². The molecular weight excluding hydrogens is 593 g/mol. The van der Waals surface area contributed by atoms with Crippen LogP contribution in [0.3, 0.4) is 0 Å². The zero-order valence-electron chi connectivity index (χ0n) is 25.5. The smallest absolute Gasteiger partial charge is 0.410 e. The predicted molar refractivity (Wildman–Crippen MR) is 170 cm³/mol. The second-order valence-electron chi connectivity index (χ2n) is 12.5. The van der Waals surface area contributed by atoms with Gasteiger partial charge in [-0.15, -0.1) is 0 Å². The Kier molecular flexibility index (Phi) is 10.0. The quantitative estimate of drug-likeness (QED) is 0.328. The van der Waals surface area contributed by atoms with Gasteiger partial charge in [0.05, 0.1) is 20.3 Å². The lowest BCUT2D eigenvalue weighted by Gasteiger charge is -2.46. The summed E-state index contributed by atoms with van der Waals surface area (Å²) >= 11 is 12.8. The van der Waals surface area contributed by atoms with Crippen LogP contribution in [0.4, 0.5) is 4.79 Å². The minimum Gasteiger partial charge on any atom is -0.444 e. The van der Waals surface area contributed by atoms with Crippen molar-refractivity contribution in [3.63, 3.8) is 0 Å². The van der Waals surface area contributed by atoms with Crippen molar-refractivity contribution >= 4 is 46.0 Å². The molecule has 2 heterocycles. The number of carbonyl (C=O) groups excluding carboxylic acids is 2. The number of carbonyl (C=O) groups is 2. The molecule has 2 amide bonds. The molecule has 1 unspecified atom stereocenters. The lowest BCUT2D eigenvalue weighted by atomic mass is 9.83. The third-order valence-corrected chi connectivity index (χ3v) is 11.5. The number of benzene rings is 2. The van der Waals surface area contributed by atoms with Crippen LogP contribution >= 0.6 is 23.2 Å². The second kappa shape index (κ2) is 12.8. The number of amides is 2. The number of ether oxygens (including phenoxy) is 1. The summed E-state index contributed by atoms with van der Waals surface area (Å²) in [4.78, 5) is 32.1. The molecule has 0 aliphatic carbocycles. The Morgan fingerprint density at radius 3 is 2.33 bits per heavy atom. The molecule has 1 fully saturated rings. The van der Waals surface area contributed by atoms with Crippen molar-refractivity contribution in [3.05, 3.63) is 69.2 Å². The van der Waals surface area contributed by atoms with Crippen molar-refractivity contribution in [1.82, 2.24) is 14.7 Å². The first-order valence-electron chi connectivity index (χ1n) is 14.6. The largest absolute Gasteiger partial charge is 0.444 e. The Balaban J connectivity index is 1.65. The third kappa shape index (κ3) is 6.67. The van der Waals surface area contributed by atoms with E-state index >= 15 is 0 Å². The number of fused-ring (bicyclic) bond motifs is 2. The van der Waals surface area contributed by atoms with Crippen LogP contribution in [-0.4, -0.2) is 76.8 Å². The monoisotopic (exact) mass is 635 g/mol. The maximum atomic E-state index is 13.6. The topological polar surface area (TPSA) is 70.2 Å². The van der Waals surface area contributed by atoms with E-state index in [1.807, 2.05) is 45.9 Å². The predicted octanol–water partition coefficient (Wildman–Crippen LogP) is 6.57. The van der Waals surface area contributed by atoms with Gasteiger partial charge in [0.2, 0.25) is 5.91 Å². The SMILES string of the molecule is CCC(=O)N(C)CC(CCN1CCC2(CC1)c1ccccc1C[S@@]2=O)(c1ccc(Cl)c(Cl)c1)N(C)C(=O)OC(C)(C)C. The normalized spacial score (nSPS) is 19.7. The Morgan fingerprint density at radius 1 is 1.05 bits per heavy atom. The first-order chi connectivity index (χ1) is 19.7. The Labute approximate surface area is 262 Å². The van der Waals surface area contributed by atoms with Crippen LogP contribution in [0.25, 0.3) is 0 Å². The van der Waals surface area contributed by atoms with E-state index < -0.39 is 28.0 Å². The molecule has 0 saturated carbocycles. The third-order valence-electron chi connectivity index (χ3n) is 8.73. The highest BCUT2D eigenvalue weighted by Crippen LogP contribution is 2.47. The summed E-state index contributed by atoms with van der Waals surface area (Å²) in [5.74, 6) is 0.592. The van der Waals surface area contributed by atoms with Crippen LogP contribution in [0.1, 0.15) is 70.1 Å². The molecule has 7 nitrogen and oxygen atoms in total. The molecule has 0 aromatic heterocycles. The van der Waals surface area contributed by atoms with Gasteiger partial charge in [0.25, 0.3) is 0 Å². The molecule has 230 valence electrons. The summed E-state index contributed by atoms with van der Waals surface area (Å²) in [5, 5.41) is 0.793. The summed E-state index contributed by atoms with van der Waals surface area (Å²) in [6.07, 6.45) is 2.01. The Bertz CT molecular complexity index is 1340. The standard InChI is InChI=1S/C32H43Cl2N3O4S/c1-7-28(38)35(5)22-31(24-12-13-26(33)27(34)20-24,36(6)29(39)41-30(2,3)4)14-17-37-18-15-32(16-19-37)25-11-9-8-10-23(25)21-42(32)40/h8-13,20H,7,14-19,21-22H2,1-6H3/t31?,42-/m0/s1. The molecule has 1 saturated heterocycles. The van der Waals surface area contributed by atoms with Gasteiger partial charge in [-0.05, 0) is 81.9 Å². The molecule has 42 heavy (non-hydrogen) atoms. The van der Waals surface area contributed by atoms with Gasteiger partial charge < -0.3 is 14.5 Å². The fraction of sp³-hybridized carbons (Fsp3) is 0.562. The van der Waals surface area contributed by atoms with Crippen LogP contribution in [-0.2, 0) is 36.4 Å². The molecule has 0 bridgehead atoms. The fourth-order valence-electron chi connectivity index (χ4n) is 6.29. The first kappa shape index (κ1) is 32.8. The molecule has 1 spiro atoms. The number of nitrogens with zero attached hydrogens (tertiary/aromatic N) is 3. The maximum absolute atomic E-state index is 13.6. The van der Waals surface area contributed by atoms with E-state index in [0.29, 0.717) is 35.2 Å². The Morgan fingerprint density at radius 2 is 1.71 bits per heavy atom. The summed E-state index contributed by atoms with van der Waals surface area (Å²) in [6, 6.07) is 13.7. The molecule has 0 radical (unpaired) electrons. The minimum atomic E-state index is -0.950. The van der Waals surface area contributed by atoms with Gasteiger partial charge in [-0.3, -0.25) is 13.9 Å². The molecule has 2 aromatic carbocycles. The van der Waals surface area contributed by atoms with Gasteiger partial charge in [0.15, 0.2) is 0 Å². The van der Waals surface area contributed by atoms with Gasteiger partial charge in [-0.25, -0.2) is 4.79 Å². The number of likely N-dealkylation sites (N-methyl/N-ethyl adjacent to an activating group) is 2. The fourth-order valence-corrected chi connectivity index (χ4v) is 8.48. The van der Waals surface area contributed by atoms with E-state index in [0.717, 1.165) is 31.5 Å². The van der Waals surface area contributed by atoms with E-state index in [4.69, 9.17) is 27.9 Å². The zero-order valence-corrected chi connectivity index (χ0v) is 27.9. The van der Waals surface area contributed by atoms with Gasteiger partial charge in [-0.2, -0.15) is 0 Å². The van der Waals surface area contributed by atoms with Gasteiger partial charge in [0.1, 0.15) is 5.60 Å². The Hall–Kier alpha value is -2.13. The van der Waals surface area contributed by atoms with Gasteiger partial charge >= 0.3 is 6.09 Å². The molecular formula is C32H43Cl2N3O4S. The van der Waals surface area contributed by atoms with Crippen molar-refractivity contribution in [1.29, 1.82) is 0 Å². The highest BCUT2D eigenvalue weighted by atomic mass is 35.5. The van der Waals surface area contributed by atoms with E-state index in [1.165, 1.54) is 11.1 Å². The van der Waals surface area contributed by atoms with E-state index in [1.54, 1.807) is 36.0 Å². The highest BCUT2D eigenvalue weighted by molar-refractivity contribution is 7.85. The van der Waals surface area contributed by atoms with Gasteiger partial charge in [-0.1, -0.05) is 60.5 Å². The lowest BCUT2D eigenvalue weighted by Crippen LogP contribution is -2.56. The summed E-state index contributed by atoms with van der Waals surface area (Å²) in [6.45, 7) is 9.82. The minimum absolute atomic E-state index is 0.0284. The zero-order chi connectivity index (χ0) is 30.9. The number of hydrogen-bond acceptors (Lipinski definition) is 5. The molecule has 2 aliphatic heterocycles. The molecule has 2 aromatic rings. The molecule has 2 atom stereocenters. The second-order valence-corrected chi connectivity index (χ2v) is 15.1. The molecule has 2 aliphatic rings. The molecule has 0 N–H and O–H groups in total. The van der Waals surface area contributed by atoms with Crippen LogP contribution in [0, 0.1) is 0 Å².